The Morgan fingerprint density at radius 3 is 1.45 bits per heavy atom. The molecule has 0 aliphatic heterocycles. The highest BCUT2D eigenvalue weighted by molar-refractivity contribution is 5.78. The van der Waals surface area contributed by atoms with Gasteiger partial charge < -0.3 is 29.6 Å². The molecular formula is C37H44N2O8. The molecule has 10 nitrogen and oxygen atoms in total. The summed E-state index contributed by atoms with van der Waals surface area (Å²) in [6, 6.07) is 25.9. The van der Waals surface area contributed by atoms with Gasteiger partial charge in [0.2, 0.25) is 0 Å². The lowest BCUT2D eigenvalue weighted by molar-refractivity contribution is -0.149. The number of benzene rings is 3. The molecule has 0 saturated heterocycles. The van der Waals surface area contributed by atoms with Gasteiger partial charge in [-0.15, -0.1) is 0 Å². The number of rotatable bonds is 17. The molecular weight excluding hydrogens is 600 g/mol. The number of alkyl carbamates (subject to hydrolysis) is 1. The molecule has 2 unspecified atom stereocenters. The van der Waals surface area contributed by atoms with Gasteiger partial charge in [-0.05, 0) is 50.3 Å². The lowest BCUT2D eigenvalue weighted by atomic mass is 10.1. The Morgan fingerprint density at radius 2 is 1.02 bits per heavy atom. The van der Waals surface area contributed by atoms with Gasteiger partial charge in [0, 0.05) is 18.5 Å². The van der Waals surface area contributed by atoms with E-state index in [1.807, 2.05) is 91.0 Å². The van der Waals surface area contributed by atoms with Gasteiger partial charge in [-0.2, -0.15) is 0 Å². The SMILES string of the molecule is C=C(NC(CCC(=O)OCc1ccccc1)C(=O)OCc1ccccc1)C(CCC(=O)OCc1ccccc1)NC(=O)OC(C)(C)C. The number of hydrogen-bond donors (Lipinski definition) is 2. The van der Waals surface area contributed by atoms with Crippen molar-refractivity contribution in [3.63, 3.8) is 0 Å². The lowest BCUT2D eigenvalue weighted by Crippen LogP contribution is -2.47. The Labute approximate surface area is 276 Å². The van der Waals surface area contributed by atoms with Crippen LogP contribution in [0.2, 0.25) is 0 Å². The first-order valence-corrected chi connectivity index (χ1v) is 15.5. The van der Waals surface area contributed by atoms with Crippen LogP contribution in [0, 0.1) is 0 Å². The summed E-state index contributed by atoms with van der Waals surface area (Å²) in [7, 11) is 0. The van der Waals surface area contributed by atoms with Crippen LogP contribution >= 0.6 is 0 Å². The van der Waals surface area contributed by atoms with Crippen LogP contribution in [0.15, 0.2) is 103 Å². The summed E-state index contributed by atoms with van der Waals surface area (Å²) in [5.74, 6) is -1.59. The zero-order valence-electron chi connectivity index (χ0n) is 27.2. The summed E-state index contributed by atoms with van der Waals surface area (Å²) in [5.41, 5.74) is 1.92. The average molecular weight is 645 g/mol. The Bertz CT molecular complexity index is 1440. The van der Waals surface area contributed by atoms with Crippen LogP contribution < -0.4 is 10.6 Å². The van der Waals surface area contributed by atoms with Crippen molar-refractivity contribution in [3.05, 3.63) is 120 Å². The zero-order valence-corrected chi connectivity index (χ0v) is 27.2. The number of carbonyl (C=O) groups is 4. The lowest BCUT2D eigenvalue weighted by Gasteiger charge is -2.27. The van der Waals surface area contributed by atoms with E-state index in [0.717, 1.165) is 16.7 Å². The first kappa shape index (κ1) is 36.3. The molecule has 3 rings (SSSR count). The number of nitrogens with one attached hydrogen (secondary N) is 2. The van der Waals surface area contributed by atoms with E-state index in [4.69, 9.17) is 18.9 Å². The Morgan fingerprint density at radius 1 is 0.617 bits per heavy atom. The topological polar surface area (TPSA) is 129 Å². The van der Waals surface area contributed by atoms with E-state index >= 15 is 0 Å². The largest absolute Gasteiger partial charge is 0.461 e. The van der Waals surface area contributed by atoms with Crippen LogP contribution in [-0.2, 0) is 53.2 Å². The fourth-order valence-electron chi connectivity index (χ4n) is 4.33. The van der Waals surface area contributed by atoms with Gasteiger partial charge in [0.15, 0.2) is 0 Å². The molecule has 1 amide bonds. The second kappa shape index (κ2) is 18.8. The summed E-state index contributed by atoms with van der Waals surface area (Å²) in [6.07, 6.45) is -0.741. The first-order valence-electron chi connectivity index (χ1n) is 15.5. The Balaban J connectivity index is 1.67. The standard InChI is InChI=1S/C37H44N2O8/c1-27(31(39-36(43)47-37(2,3)4)20-22-33(40)44-24-28-14-8-5-9-15-28)38-32(35(42)46-26-30-18-12-7-13-19-30)21-23-34(41)45-25-29-16-10-6-11-17-29/h5-19,31-32,38H,1,20-26H2,2-4H3,(H,39,43). The van der Waals surface area contributed by atoms with E-state index in [-0.39, 0.29) is 51.2 Å². The zero-order chi connectivity index (χ0) is 34.1. The van der Waals surface area contributed by atoms with E-state index in [1.54, 1.807) is 20.8 Å². The number of hydrogen-bond acceptors (Lipinski definition) is 9. The summed E-state index contributed by atoms with van der Waals surface area (Å²) in [6.45, 7) is 9.48. The van der Waals surface area contributed by atoms with Gasteiger partial charge >= 0.3 is 24.0 Å². The molecule has 2 N–H and O–H groups in total. The number of amides is 1. The quantitative estimate of drug-likeness (QED) is 0.131. The predicted octanol–water partition coefficient (Wildman–Crippen LogP) is 6.14. The number of ether oxygens (including phenoxy) is 4. The molecule has 0 radical (unpaired) electrons. The molecule has 0 aliphatic rings. The van der Waals surface area contributed by atoms with E-state index in [0.29, 0.717) is 0 Å². The minimum Gasteiger partial charge on any atom is -0.461 e. The molecule has 3 aromatic rings. The number of carbonyl (C=O) groups excluding carboxylic acids is 4. The fraction of sp³-hybridized carbons (Fsp3) is 0.351. The predicted molar refractivity (Wildman–Crippen MR) is 176 cm³/mol. The minimum absolute atomic E-state index is 0.0234. The smallest absolute Gasteiger partial charge is 0.408 e. The average Bonchev–Trinajstić information content (AvgIpc) is 3.06. The number of esters is 3. The van der Waals surface area contributed by atoms with E-state index in [2.05, 4.69) is 17.2 Å². The van der Waals surface area contributed by atoms with Crippen LogP contribution in [0.1, 0.15) is 63.1 Å². The van der Waals surface area contributed by atoms with Crippen LogP contribution in [0.3, 0.4) is 0 Å². The van der Waals surface area contributed by atoms with Gasteiger partial charge in [0.1, 0.15) is 31.5 Å². The van der Waals surface area contributed by atoms with Crippen molar-refractivity contribution in [3.8, 4) is 0 Å². The van der Waals surface area contributed by atoms with Crippen LogP contribution in [-0.4, -0.2) is 41.7 Å². The van der Waals surface area contributed by atoms with Crippen molar-refractivity contribution < 1.29 is 38.1 Å². The molecule has 0 saturated carbocycles. The third-order valence-corrected chi connectivity index (χ3v) is 6.74. The maximum atomic E-state index is 13.3. The summed E-state index contributed by atoms with van der Waals surface area (Å²) in [5, 5.41) is 5.77. The molecule has 0 fully saturated rings. The van der Waals surface area contributed by atoms with Gasteiger partial charge in [-0.25, -0.2) is 9.59 Å². The highest BCUT2D eigenvalue weighted by Gasteiger charge is 2.27. The highest BCUT2D eigenvalue weighted by Crippen LogP contribution is 2.15. The van der Waals surface area contributed by atoms with Crippen molar-refractivity contribution in [2.75, 3.05) is 0 Å². The van der Waals surface area contributed by atoms with Gasteiger partial charge in [-0.1, -0.05) is 97.6 Å². The Kier molecular flexibility index (Phi) is 14.5. The fourth-order valence-corrected chi connectivity index (χ4v) is 4.33. The van der Waals surface area contributed by atoms with Crippen molar-refractivity contribution in [1.29, 1.82) is 0 Å². The van der Waals surface area contributed by atoms with Crippen LogP contribution in [0.25, 0.3) is 0 Å². The maximum absolute atomic E-state index is 13.3. The van der Waals surface area contributed by atoms with Gasteiger partial charge in [-0.3, -0.25) is 9.59 Å². The third-order valence-electron chi connectivity index (χ3n) is 6.74. The van der Waals surface area contributed by atoms with Crippen LogP contribution in [0.4, 0.5) is 4.79 Å². The van der Waals surface area contributed by atoms with E-state index in [9.17, 15) is 19.2 Å². The summed E-state index contributed by atoms with van der Waals surface area (Å²) < 4.78 is 21.8. The second-order valence-corrected chi connectivity index (χ2v) is 11.9. The van der Waals surface area contributed by atoms with Gasteiger partial charge in [0.25, 0.3) is 0 Å². The highest BCUT2D eigenvalue weighted by atomic mass is 16.6. The minimum atomic E-state index is -1.01. The van der Waals surface area contributed by atoms with Crippen molar-refractivity contribution >= 4 is 24.0 Å². The van der Waals surface area contributed by atoms with Gasteiger partial charge in [0.05, 0.1) is 6.04 Å². The molecule has 47 heavy (non-hydrogen) atoms. The molecule has 250 valence electrons. The molecule has 3 aromatic carbocycles. The molecule has 0 aliphatic carbocycles. The maximum Gasteiger partial charge on any atom is 0.408 e. The van der Waals surface area contributed by atoms with E-state index < -0.39 is 41.7 Å². The Hall–Kier alpha value is -5.12. The second-order valence-electron chi connectivity index (χ2n) is 11.9. The normalized spacial score (nSPS) is 12.1. The third kappa shape index (κ3) is 14.7. The van der Waals surface area contributed by atoms with Crippen molar-refractivity contribution in [2.24, 2.45) is 0 Å². The van der Waals surface area contributed by atoms with Crippen LogP contribution in [0.5, 0.6) is 0 Å². The molecule has 0 spiro atoms. The molecule has 0 heterocycles. The monoisotopic (exact) mass is 644 g/mol. The molecule has 2 atom stereocenters. The molecule has 0 aromatic heterocycles. The summed E-state index contributed by atoms with van der Waals surface area (Å²) in [4.78, 5) is 51.3. The van der Waals surface area contributed by atoms with Crippen molar-refractivity contribution in [1.82, 2.24) is 10.6 Å². The van der Waals surface area contributed by atoms with E-state index in [1.165, 1.54) is 0 Å². The molecule has 0 bridgehead atoms. The molecule has 10 heteroatoms. The summed E-state index contributed by atoms with van der Waals surface area (Å²) >= 11 is 0. The van der Waals surface area contributed by atoms with Crippen molar-refractivity contribution in [2.45, 2.75) is 84.0 Å². The first-order chi connectivity index (χ1) is 22.5.